The third-order valence-corrected chi connectivity index (χ3v) is 3.44. The van der Waals surface area contributed by atoms with Gasteiger partial charge in [0.05, 0.1) is 12.3 Å². The van der Waals surface area contributed by atoms with Crippen molar-refractivity contribution in [1.82, 2.24) is 5.32 Å². The molecule has 0 aromatic heterocycles. The summed E-state index contributed by atoms with van der Waals surface area (Å²) >= 11 is 0. The van der Waals surface area contributed by atoms with Gasteiger partial charge in [0.2, 0.25) is 0 Å². The largest absolute Gasteiger partial charge is 0.492 e. The Kier molecular flexibility index (Phi) is 4.88. The number of benzene rings is 1. The van der Waals surface area contributed by atoms with Crippen LogP contribution in [0.5, 0.6) is 5.75 Å². The van der Waals surface area contributed by atoms with Crippen molar-refractivity contribution in [2.24, 2.45) is 0 Å². The fraction of sp³-hybridized carbons (Fsp3) is 0.600. The van der Waals surface area contributed by atoms with Crippen LogP contribution in [0.1, 0.15) is 33.1 Å². The highest BCUT2D eigenvalue weighted by Gasteiger charge is 2.17. The first-order valence-electron chi connectivity index (χ1n) is 7.01. The minimum atomic E-state index is 0.573. The Morgan fingerprint density at radius 3 is 2.94 bits per heavy atom. The van der Waals surface area contributed by atoms with E-state index < -0.39 is 0 Å². The Balaban J connectivity index is 1.89. The number of para-hydroxylation sites is 2. The molecule has 3 nitrogen and oxygen atoms in total. The molecule has 2 rings (SSSR count). The van der Waals surface area contributed by atoms with Crippen LogP contribution in [0, 0.1) is 0 Å². The topological polar surface area (TPSA) is 33.3 Å². The maximum Gasteiger partial charge on any atom is 0.142 e. The molecule has 2 atom stereocenters. The molecule has 18 heavy (non-hydrogen) atoms. The molecule has 0 saturated carbocycles. The van der Waals surface area contributed by atoms with Gasteiger partial charge in [-0.15, -0.1) is 0 Å². The second-order valence-corrected chi connectivity index (χ2v) is 5.01. The Bertz CT molecular complexity index is 367. The molecule has 0 amide bonds. The zero-order valence-electron chi connectivity index (χ0n) is 11.4. The van der Waals surface area contributed by atoms with Crippen LogP contribution in [0.4, 0.5) is 5.69 Å². The van der Waals surface area contributed by atoms with Gasteiger partial charge in [-0.2, -0.15) is 0 Å². The first-order valence-corrected chi connectivity index (χ1v) is 7.01. The quantitative estimate of drug-likeness (QED) is 0.840. The van der Waals surface area contributed by atoms with E-state index in [1.165, 1.54) is 19.3 Å². The molecule has 1 fully saturated rings. The zero-order valence-corrected chi connectivity index (χ0v) is 11.4. The number of rotatable bonds is 5. The molecule has 100 valence electrons. The lowest BCUT2D eigenvalue weighted by atomic mass is 9.99. The van der Waals surface area contributed by atoms with E-state index in [-0.39, 0.29) is 0 Å². The Morgan fingerprint density at radius 1 is 1.33 bits per heavy atom. The van der Waals surface area contributed by atoms with Gasteiger partial charge in [0.15, 0.2) is 0 Å². The van der Waals surface area contributed by atoms with Crippen molar-refractivity contribution in [1.29, 1.82) is 0 Å². The average molecular weight is 248 g/mol. The van der Waals surface area contributed by atoms with Crippen molar-refractivity contribution in [3.05, 3.63) is 24.3 Å². The smallest absolute Gasteiger partial charge is 0.142 e. The normalized spacial score (nSPS) is 23.7. The van der Waals surface area contributed by atoms with Crippen LogP contribution in [-0.2, 0) is 0 Å². The highest BCUT2D eigenvalue weighted by molar-refractivity contribution is 5.56. The summed E-state index contributed by atoms with van der Waals surface area (Å²) in [7, 11) is 0. The van der Waals surface area contributed by atoms with Crippen LogP contribution < -0.4 is 15.4 Å². The van der Waals surface area contributed by atoms with Crippen molar-refractivity contribution in [3.63, 3.8) is 0 Å². The lowest BCUT2D eigenvalue weighted by Gasteiger charge is -2.29. The minimum Gasteiger partial charge on any atom is -0.492 e. The number of nitrogens with one attached hydrogen (secondary N) is 2. The first kappa shape index (κ1) is 13.2. The Labute approximate surface area is 110 Å². The van der Waals surface area contributed by atoms with Crippen LogP contribution in [0.25, 0.3) is 0 Å². The fourth-order valence-corrected chi connectivity index (χ4v) is 2.53. The van der Waals surface area contributed by atoms with E-state index in [1.807, 2.05) is 25.1 Å². The lowest BCUT2D eigenvalue weighted by Crippen LogP contribution is -2.44. The number of hydrogen-bond acceptors (Lipinski definition) is 3. The summed E-state index contributed by atoms with van der Waals surface area (Å²) in [6.07, 6.45) is 3.88. The molecule has 0 radical (unpaired) electrons. The van der Waals surface area contributed by atoms with E-state index in [1.54, 1.807) is 0 Å². The summed E-state index contributed by atoms with van der Waals surface area (Å²) in [4.78, 5) is 0. The summed E-state index contributed by atoms with van der Waals surface area (Å²) in [6, 6.07) is 9.37. The van der Waals surface area contributed by atoms with Gasteiger partial charge in [0, 0.05) is 18.6 Å². The molecule has 1 aromatic carbocycles. The van der Waals surface area contributed by atoms with Crippen LogP contribution in [0.2, 0.25) is 0 Å². The van der Waals surface area contributed by atoms with Crippen molar-refractivity contribution in [2.75, 3.05) is 18.5 Å². The van der Waals surface area contributed by atoms with Crippen molar-refractivity contribution < 1.29 is 4.74 Å². The number of ether oxygens (including phenoxy) is 1. The molecule has 0 spiro atoms. The van der Waals surface area contributed by atoms with Gasteiger partial charge >= 0.3 is 0 Å². The monoisotopic (exact) mass is 248 g/mol. The maximum atomic E-state index is 5.62. The standard InChI is InChI=1S/C15H24N2O/c1-3-18-15-10-5-4-9-14(15)16-11-13-8-6-7-12(2)17-13/h4-5,9-10,12-13,16-17H,3,6-8,11H2,1-2H3. The second-order valence-electron chi connectivity index (χ2n) is 5.01. The van der Waals surface area contributed by atoms with Gasteiger partial charge < -0.3 is 15.4 Å². The first-order chi connectivity index (χ1) is 8.79. The molecular weight excluding hydrogens is 224 g/mol. The van der Waals surface area contributed by atoms with Crippen LogP contribution in [0.15, 0.2) is 24.3 Å². The predicted molar refractivity (Wildman–Crippen MR) is 76.3 cm³/mol. The number of piperidine rings is 1. The molecule has 2 unspecified atom stereocenters. The molecule has 0 bridgehead atoms. The maximum absolute atomic E-state index is 5.62. The number of hydrogen-bond donors (Lipinski definition) is 2. The summed E-state index contributed by atoms with van der Waals surface area (Å²) in [5, 5.41) is 7.14. The lowest BCUT2D eigenvalue weighted by molar-refractivity contribution is 0.337. The molecule has 1 aromatic rings. The van der Waals surface area contributed by atoms with Gasteiger partial charge in [-0.05, 0) is 38.8 Å². The van der Waals surface area contributed by atoms with E-state index in [9.17, 15) is 0 Å². The predicted octanol–water partition coefficient (Wildman–Crippen LogP) is 3.03. The molecule has 1 heterocycles. The summed E-state index contributed by atoms with van der Waals surface area (Å²) < 4.78 is 5.62. The average Bonchev–Trinajstić information content (AvgIpc) is 2.38. The van der Waals surface area contributed by atoms with Crippen LogP contribution >= 0.6 is 0 Å². The molecule has 1 saturated heterocycles. The van der Waals surface area contributed by atoms with E-state index in [0.717, 1.165) is 18.0 Å². The third-order valence-electron chi connectivity index (χ3n) is 3.44. The van der Waals surface area contributed by atoms with Crippen LogP contribution in [-0.4, -0.2) is 25.2 Å². The summed E-state index contributed by atoms with van der Waals surface area (Å²) in [5.74, 6) is 0.948. The summed E-state index contributed by atoms with van der Waals surface area (Å²) in [5.41, 5.74) is 1.10. The minimum absolute atomic E-state index is 0.573. The third kappa shape index (κ3) is 3.64. The molecule has 2 N–H and O–H groups in total. The molecule has 3 heteroatoms. The SMILES string of the molecule is CCOc1ccccc1NCC1CCCC(C)N1. The summed E-state index contributed by atoms with van der Waals surface area (Å²) in [6.45, 7) is 5.95. The van der Waals surface area contributed by atoms with Gasteiger partial charge in [-0.25, -0.2) is 0 Å². The van der Waals surface area contributed by atoms with Crippen molar-refractivity contribution in [2.45, 2.75) is 45.2 Å². The fourth-order valence-electron chi connectivity index (χ4n) is 2.53. The Morgan fingerprint density at radius 2 is 2.17 bits per heavy atom. The van der Waals surface area contributed by atoms with Gasteiger partial charge in [-0.1, -0.05) is 18.6 Å². The van der Waals surface area contributed by atoms with E-state index in [2.05, 4.69) is 23.6 Å². The highest BCUT2D eigenvalue weighted by atomic mass is 16.5. The Hall–Kier alpha value is -1.22. The molecule has 0 aliphatic carbocycles. The highest BCUT2D eigenvalue weighted by Crippen LogP contribution is 2.24. The second kappa shape index (κ2) is 6.64. The zero-order chi connectivity index (χ0) is 12.8. The molecule has 1 aliphatic rings. The van der Waals surface area contributed by atoms with Gasteiger partial charge in [-0.3, -0.25) is 0 Å². The van der Waals surface area contributed by atoms with Gasteiger partial charge in [0.1, 0.15) is 5.75 Å². The van der Waals surface area contributed by atoms with Crippen molar-refractivity contribution in [3.8, 4) is 5.75 Å². The van der Waals surface area contributed by atoms with Crippen molar-refractivity contribution >= 4 is 5.69 Å². The number of anilines is 1. The van der Waals surface area contributed by atoms with Gasteiger partial charge in [0.25, 0.3) is 0 Å². The van der Waals surface area contributed by atoms with E-state index >= 15 is 0 Å². The molecule has 1 aliphatic heterocycles. The van der Waals surface area contributed by atoms with E-state index in [0.29, 0.717) is 18.7 Å². The van der Waals surface area contributed by atoms with Crippen LogP contribution in [0.3, 0.4) is 0 Å². The molecular formula is C15H24N2O. The van der Waals surface area contributed by atoms with E-state index in [4.69, 9.17) is 4.74 Å².